The van der Waals surface area contributed by atoms with E-state index >= 15 is 0 Å². The number of amides is 1. The van der Waals surface area contributed by atoms with Crippen LogP contribution in [-0.2, 0) is 4.79 Å². The van der Waals surface area contributed by atoms with Gasteiger partial charge in [-0.15, -0.1) is 0 Å². The monoisotopic (exact) mass is 286 g/mol. The lowest BCUT2D eigenvalue weighted by molar-refractivity contribution is -0.383. The van der Waals surface area contributed by atoms with Gasteiger partial charge in [0.05, 0.1) is 21.9 Å². The lowest BCUT2D eigenvalue weighted by Gasteiger charge is -2.19. The van der Waals surface area contributed by atoms with Crippen molar-refractivity contribution in [3.05, 3.63) is 40.6 Å². The largest absolute Gasteiger partial charge is 0.369 e. The molecular weight excluding hydrogens is 272 g/mol. The van der Waals surface area contributed by atoms with Crippen LogP contribution in [0.3, 0.4) is 0 Å². The third-order valence-corrected chi connectivity index (χ3v) is 3.85. The maximum Gasteiger partial charge on any atom is 0.278 e. The van der Waals surface area contributed by atoms with Gasteiger partial charge in [-0.1, -0.05) is 0 Å². The Morgan fingerprint density at radius 1 is 1.43 bits per heavy atom. The molecule has 0 radical (unpaired) electrons. The lowest BCUT2D eigenvalue weighted by Crippen LogP contribution is -2.27. The summed E-state index contributed by atoms with van der Waals surface area (Å²) in [6.07, 6.45) is 2.30. The van der Waals surface area contributed by atoms with Crippen molar-refractivity contribution < 1.29 is 9.72 Å². The Labute approximate surface area is 120 Å². The van der Waals surface area contributed by atoms with Gasteiger partial charge in [-0.25, -0.2) is 0 Å². The maximum atomic E-state index is 11.3. The number of carbonyl (C=O) groups is 1. The van der Waals surface area contributed by atoms with Crippen LogP contribution in [0.2, 0.25) is 0 Å². The number of non-ortho nitro benzene ring substituents is 1. The number of fused-ring (bicyclic) bond motifs is 1. The van der Waals surface area contributed by atoms with Crippen LogP contribution in [0.4, 0.5) is 11.4 Å². The number of aromatic nitrogens is 1. The molecule has 2 heterocycles. The summed E-state index contributed by atoms with van der Waals surface area (Å²) in [5, 5.41) is 11.6. The second kappa shape index (κ2) is 5.01. The molecular formula is C14H14N4O3. The number of nitro groups is 1. The first-order valence-corrected chi connectivity index (χ1v) is 6.64. The smallest absolute Gasteiger partial charge is 0.278 e. The topological polar surface area (TPSA) is 102 Å². The number of nitrogens with two attached hydrogens (primary N) is 1. The normalized spacial score (nSPS) is 18.1. The Bertz CT molecular complexity index is 731. The van der Waals surface area contributed by atoms with Gasteiger partial charge in [0.25, 0.3) is 5.69 Å². The number of nitrogens with zero attached hydrogens (tertiary/aromatic N) is 3. The Morgan fingerprint density at radius 2 is 2.24 bits per heavy atom. The predicted molar refractivity (Wildman–Crippen MR) is 77.9 cm³/mol. The Morgan fingerprint density at radius 3 is 2.90 bits per heavy atom. The molecule has 1 saturated heterocycles. The number of pyridine rings is 1. The first kappa shape index (κ1) is 13.3. The molecule has 1 aliphatic heterocycles. The Kier molecular flexibility index (Phi) is 3.17. The molecule has 0 bridgehead atoms. The second-order valence-electron chi connectivity index (χ2n) is 5.09. The van der Waals surface area contributed by atoms with Gasteiger partial charge < -0.3 is 10.6 Å². The number of primary amides is 1. The van der Waals surface area contributed by atoms with E-state index in [0.717, 1.165) is 5.69 Å². The van der Waals surface area contributed by atoms with Crippen LogP contribution in [0.1, 0.15) is 6.42 Å². The zero-order valence-electron chi connectivity index (χ0n) is 11.2. The van der Waals surface area contributed by atoms with E-state index in [4.69, 9.17) is 5.73 Å². The van der Waals surface area contributed by atoms with Gasteiger partial charge in [-0.2, -0.15) is 0 Å². The van der Waals surface area contributed by atoms with E-state index < -0.39 is 4.92 Å². The van der Waals surface area contributed by atoms with E-state index in [-0.39, 0.29) is 17.5 Å². The highest BCUT2D eigenvalue weighted by Gasteiger charge is 2.28. The van der Waals surface area contributed by atoms with Gasteiger partial charge in [0.1, 0.15) is 5.52 Å². The van der Waals surface area contributed by atoms with E-state index in [1.807, 2.05) is 4.90 Å². The van der Waals surface area contributed by atoms with Gasteiger partial charge in [-0.05, 0) is 24.6 Å². The van der Waals surface area contributed by atoms with Gasteiger partial charge >= 0.3 is 0 Å². The summed E-state index contributed by atoms with van der Waals surface area (Å²) in [6, 6.07) is 6.54. The molecule has 1 amide bonds. The van der Waals surface area contributed by atoms with Crippen molar-refractivity contribution in [3.63, 3.8) is 0 Å². The van der Waals surface area contributed by atoms with Crippen molar-refractivity contribution in [2.75, 3.05) is 18.0 Å². The molecule has 0 saturated carbocycles. The number of benzene rings is 1. The molecule has 7 nitrogen and oxygen atoms in total. The van der Waals surface area contributed by atoms with E-state index in [9.17, 15) is 14.9 Å². The van der Waals surface area contributed by atoms with Crippen LogP contribution in [-0.4, -0.2) is 28.9 Å². The SMILES string of the molecule is NC(=O)[C@H]1CCN(c2ccc([N+](=O)[O-])c3cccnc23)C1. The Balaban J connectivity index is 2.07. The number of nitro benzene ring substituents is 1. The average molecular weight is 286 g/mol. The fourth-order valence-electron chi connectivity index (χ4n) is 2.77. The molecule has 108 valence electrons. The second-order valence-corrected chi connectivity index (χ2v) is 5.09. The molecule has 0 aliphatic carbocycles. The molecule has 1 aromatic heterocycles. The highest BCUT2D eigenvalue weighted by atomic mass is 16.6. The summed E-state index contributed by atoms with van der Waals surface area (Å²) >= 11 is 0. The third-order valence-electron chi connectivity index (χ3n) is 3.85. The summed E-state index contributed by atoms with van der Waals surface area (Å²) < 4.78 is 0. The molecule has 7 heteroatoms. The molecule has 2 aromatic rings. The lowest BCUT2D eigenvalue weighted by atomic mass is 10.1. The quantitative estimate of drug-likeness (QED) is 0.679. The number of carbonyl (C=O) groups excluding carboxylic acids is 1. The zero-order chi connectivity index (χ0) is 15.0. The van der Waals surface area contributed by atoms with Gasteiger partial charge in [-0.3, -0.25) is 19.9 Å². The van der Waals surface area contributed by atoms with Gasteiger partial charge in [0, 0.05) is 25.4 Å². The van der Waals surface area contributed by atoms with E-state index in [1.54, 1.807) is 24.4 Å². The molecule has 1 aromatic carbocycles. The summed E-state index contributed by atoms with van der Waals surface area (Å²) in [7, 11) is 0. The van der Waals surface area contributed by atoms with Crippen LogP contribution < -0.4 is 10.6 Å². The van der Waals surface area contributed by atoms with E-state index in [2.05, 4.69) is 4.98 Å². The fraction of sp³-hybridized carbons (Fsp3) is 0.286. The average Bonchev–Trinajstić information content (AvgIpc) is 2.95. The summed E-state index contributed by atoms with van der Waals surface area (Å²) in [6.45, 7) is 1.22. The minimum Gasteiger partial charge on any atom is -0.369 e. The first-order valence-electron chi connectivity index (χ1n) is 6.64. The highest BCUT2D eigenvalue weighted by Crippen LogP contribution is 2.34. The highest BCUT2D eigenvalue weighted by molar-refractivity contribution is 5.97. The molecule has 0 spiro atoms. The zero-order valence-corrected chi connectivity index (χ0v) is 11.2. The molecule has 3 rings (SSSR count). The summed E-state index contributed by atoms with van der Waals surface area (Å²) in [5.41, 5.74) is 6.76. The maximum absolute atomic E-state index is 11.3. The fourth-order valence-corrected chi connectivity index (χ4v) is 2.77. The van der Waals surface area contributed by atoms with Crippen molar-refractivity contribution in [2.45, 2.75) is 6.42 Å². The third kappa shape index (κ3) is 2.26. The molecule has 1 atom stereocenters. The van der Waals surface area contributed by atoms with Crippen LogP contribution in [0.15, 0.2) is 30.5 Å². The molecule has 21 heavy (non-hydrogen) atoms. The van der Waals surface area contributed by atoms with Crippen LogP contribution in [0, 0.1) is 16.0 Å². The number of hydrogen-bond donors (Lipinski definition) is 1. The van der Waals surface area contributed by atoms with Crippen molar-refractivity contribution in [2.24, 2.45) is 11.7 Å². The number of rotatable bonds is 3. The van der Waals surface area contributed by atoms with Crippen molar-refractivity contribution in [3.8, 4) is 0 Å². The van der Waals surface area contributed by atoms with Crippen LogP contribution in [0.25, 0.3) is 10.9 Å². The summed E-state index contributed by atoms with van der Waals surface area (Å²) in [5.74, 6) is -0.490. The molecule has 2 N–H and O–H groups in total. The minimum absolute atomic E-state index is 0.0347. The first-order chi connectivity index (χ1) is 10.1. The number of anilines is 1. The number of hydrogen-bond acceptors (Lipinski definition) is 5. The summed E-state index contributed by atoms with van der Waals surface area (Å²) in [4.78, 5) is 28.2. The minimum atomic E-state index is -0.413. The van der Waals surface area contributed by atoms with Crippen molar-refractivity contribution in [1.29, 1.82) is 0 Å². The molecule has 1 aliphatic rings. The molecule has 0 unspecified atom stereocenters. The Hall–Kier alpha value is -2.70. The van der Waals surface area contributed by atoms with Gasteiger partial charge in [0.15, 0.2) is 0 Å². The van der Waals surface area contributed by atoms with Crippen molar-refractivity contribution in [1.82, 2.24) is 4.98 Å². The molecule has 1 fully saturated rings. The van der Waals surface area contributed by atoms with Gasteiger partial charge in [0.2, 0.25) is 5.91 Å². The van der Waals surface area contributed by atoms with E-state index in [1.165, 1.54) is 6.07 Å². The van der Waals surface area contributed by atoms with Crippen LogP contribution in [0.5, 0.6) is 0 Å². The van der Waals surface area contributed by atoms with E-state index in [0.29, 0.717) is 30.4 Å². The standard InChI is InChI=1S/C14H14N4O3/c15-14(19)9-5-7-17(8-9)12-4-3-11(18(20)21)10-2-1-6-16-13(10)12/h1-4,6,9H,5,7-8H2,(H2,15,19)/t9-/m0/s1. The van der Waals surface area contributed by atoms with Crippen LogP contribution >= 0.6 is 0 Å². The van der Waals surface area contributed by atoms with Crippen molar-refractivity contribution >= 4 is 28.2 Å². The predicted octanol–water partition coefficient (Wildman–Crippen LogP) is 1.45.